The van der Waals surface area contributed by atoms with Gasteiger partial charge in [-0.1, -0.05) is 12.1 Å². The van der Waals surface area contributed by atoms with E-state index in [4.69, 9.17) is 15.4 Å². The molecule has 2 rings (SSSR count). The number of carbonyl (C=O) groups excluding carboxylic acids is 2. The number of halogens is 1. The van der Waals surface area contributed by atoms with E-state index in [1.807, 2.05) is 24.3 Å². The minimum Gasteiger partial charge on any atom is -0.446 e. The molecule has 0 aliphatic carbocycles. The lowest BCUT2D eigenvalue weighted by molar-refractivity contribution is -0.124. The molecule has 5 nitrogen and oxygen atoms in total. The first-order valence-corrected chi connectivity index (χ1v) is 7.94. The molecule has 1 aliphatic rings. The number of rotatable bonds is 6. The summed E-state index contributed by atoms with van der Waals surface area (Å²) in [5.74, 6) is -0.170. The van der Waals surface area contributed by atoms with E-state index in [0.717, 1.165) is 23.3 Å². The van der Waals surface area contributed by atoms with Crippen molar-refractivity contribution < 1.29 is 14.3 Å². The summed E-state index contributed by atoms with van der Waals surface area (Å²) in [7, 11) is 6.82. The molecule has 1 fully saturated rings. The lowest BCUT2D eigenvalue weighted by Gasteiger charge is -2.13. The van der Waals surface area contributed by atoms with Gasteiger partial charge in [0.05, 0.1) is 6.54 Å². The van der Waals surface area contributed by atoms with E-state index < -0.39 is 6.09 Å². The van der Waals surface area contributed by atoms with Crippen molar-refractivity contribution in [1.82, 2.24) is 10.4 Å². The third-order valence-electron chi connectivity index (χ3n) is 2.90. The number of ether oxygens (including phenoxy) is 1. The maximum absolute atomic E-state index is 11.7. The first-order valence-electron chi connectivity index (χ1n) is 6.30. The molecular formula is C13H15ClN2O3S. The van der Waals surface area contributed by atoms with Crippen LogP contribution in [0.1, 0.15) is 18.4 Å². The first kappa shape index (κ1) is 15.0. The molecule has 108 valence electrons. The number of benzene rings is 1. The Morgan fingerprint density at radius 3 is 2.75 bits per heavy atom. The summed E-state index contributed by atoms with van der Waals surface area (Å²) in [4.78, 5) is 23.8. The van der Waals surface area contributed by atoms with Gasteiger partial charge in [-0.15, -0.1) is 0 Å². The summed E-state index contributed by atoms with van der Waals surface area (Å²) in [5.41, 5.74) is 3.69. The molecule has 1 heterocycles. The predicted octanol–water partition coefficient (Wildman–Crippen LogP) is 2.74. The van der Waals surface area contributed by atoms with Gasteiger partial charge in [-0.2, -0.15) is 0 Å². The molecule has 0 unspecified atom stereocenters. The summed E-state index contributed by atoms with van der Waals surface area (Å²) in [5, 5.41) is 1.20. The summed E-state index contributed by atoms with van der Waals surface area (Å²) in [6.07, 6.45) is 1.41. The molecule has 1 saturated heterocycles. The van der Waals surface area contributed by atoms with Crippen molar-refractivity contribution in [2.45, 2.75) is 24.2 Å². The zero-order valence-electron chi connectivity index (χ0n) is 10.8. The van der Waals surface area contributed by atoms with Crippen LogP contribution in [-0.2, 0) is 16.0 Å². The van der Waals surface area contributed by atoms with Crippen molar-refractivity contribution in [3.05, 3.63) is 29.8 Å². The molecule has 7 heteroatoms. The number of hydrogen-bond donors (Lipinski definition) is 1. The highest BCUT2D eigenvalue weighted by molar-refractivity contribution is 8.21. The Morgan fingerprint density at radius 2 is 2.15 bits per heavy atom. The number of nitrogens with one attached hydrogen (secondary N) is 1. The average Bonchev–Trinajstić information content (AvgIpc) is 2.85. The molecule has 0 bridgehead atoms. The van der Waals surface area contributed by atoms with E-state index in [0.29, 0.717) is 19.6 Å². The lowest BCUT2D eigenvalue weighted by Crippen LogP contribution is -2.42. The Labute approximate surface area is 126 Å². The van der Waals surface area contributed by atoms with Gasteiger partial charge >= 0.3 is 6.09 Å². The second-order valence-corrected chi connectivity index (χ2v) is 5.46. The topological polar surface area (TPSA) is 58.6 Å². The highest BCUT2D eigenvalue weighted by Crippen LogP contribution is 2.22. The number of hydrogen-bond acceptors (Lipinski definition) is 4. The highest BCUT2D eigenvalue weighted by atomic mass is 35.7. The van der Waals surface area contributed by atoms with Gasteiger partial charge in [0, 0.05) is 11.3 Å². The van der Waals surface area contributed by atoms with Crippen molar-refractivity contribution in [2.24, 2.45) is 0 Å². The Bertz CT molecular complexity index is 481. The monoisotopic (exact) mass is 314 g/mol. The molecule has 0 radical (unpaired) electrons. The molecule has 1 N–H and O–H groups in total. The summed E-state index contributed by atoms with van der Waals surface area (Å²) in [6, 6.07) is 7.90. The number of carbonyl (C=O) groups is 2. The van der Waals surface area contributed by atoms with E-state index in [-0.39, 0.29) is 5.91 Å². The van der Waals surface area contributed by atoms with Gasteiger partial charge in [0.1, 0.15) is 6.61 Å². The van der Waals surface area contributed by atoms with Crippen LogP contribution in [-0.4, -0.2) is 30.2 Å². The van der Waals surface area contributed by atoms with E-state index >= 15 is 0 Å². The maximum atomic E-state index is 11.7. The van der Waals surface area contributed by atoms with Crippen molar-refractivity contribution in [3.8, 4) is 0 Å². The Morgan fingerprint density at radius 1 is 1.40 bits per heavy atom. The Balaban J connectivity index is 1.69. The van der Waals surface area contributed by atoms with Gasteiger partial charge in [0.2, 0.25) is 5.91 Å². The molecular weight excluding hydrogens is 300 g/mol. The van der Waals surface area contributed by atoms with Gasteiger partial charge in [0.25, 0.3) is 0 Å². The van der Waals surface area contributed by atoms with Crippen molar-refractivity contribution in [1.29, 1.82) is 0 Å². The molecule has 0 spiro atoms. The molecule has 20 heavy (non-hydrogen) atoms. The molecule has 0 saturated carbocycles. The van der Waals surface area contributed by atoms with Gasteiger partial charge in [0.15, 0.2) is 0 Å². The zero-order valence-corrected chi connectivity index (χ0v) is 12.4. The fourth-order valence-corrected chi connectivity index (χ4v) is 2.41. The Hall–Kier alpha value is -1.40. The molecule has 1 aromatic carbocycles. The van der Waals surface area contributed by atoms with Crippen LogP contribution in [0.3, 0.4) is 0 Å². The first-order chi connectivity index (χ1) is 9.69. The third-order valence-corrected chi connectivity index (χ3v) is 3.89. The van der Waals surface area contributed by atoms with Gasteiger partial charge in [-0.25, -0.2) is 9.80 Å². The van der Waals surface area contributed by atoms with Crippen LogP contribution in [0.25, 0.3) is 0 Å². The largest absolute Gasteiger partial charge is 0.446 e. The van der Waals surface area contributed by atoms with Crippen molar-refractivity contribution in [2.75, 3.05) is 13.2 Å². The number of aryl methyl sites for hydroxylation is 1. The maximum Gasteiger partial charge on any atom is 0.428 e. The van der Waals surface area contributed by atoms with E-state index in [9.17, 15) is 9.59 Å². The third kappa shape index (κ3) is 4.31. The summed E-state index contributed by atoms with van der Waals surface area (Å²) < 4.78 is 4.72. The van der Waals surface area contributed by atoms with Crippen LogP contribution in [0.2, 0.25) is 0 Å². The number of cyclic esters (lactones) is 1. The second kappa shape index (κ2) is 7.40. The van der Waals surface area contributed by atoms with Crippen molar-refractivity contribution >= 4 is 33.7 Å². The minimum absolute atomic E-state index is 0.170. The second-order valence-electron chi connectivity index (χ2n) is 4.38. The predicted molar refractivity (Wildman–Crippen MR) is 77.3 cm³/mol. The standard InChI is InChI=1S/C13H15ClN2O3S/c14-20-11-6-4-10(5-7-11)2-1-3-12(17)15-16-8-9-19-13(16)18/h4-7H,1-3,8-9H2,(H,15,17). The van der Waals surface area contributed by atoms with Gasteiger partial charge < -0.3 is 4.74 Å². The fourth-order valence-electron chi connectivity index (χ4n) is 1.86. The van der Waals surface area contributed by atoms with Crippen LogP contribution in [0.15, 0.2) is 29.2 Å². The Kier molecular flexibility index (Phi) is 5.55. The molecule has 2 amide bonds. The van der Waals surface area contributed by atoms with Crippen molar-refractivity contribution in [3.63, 3.8) is 0 Å². The average molecular weight is 315 g/mol. The van der Waals surface area contributed by atoms with Gasteiger partial charge in [-0.05, 0) is 52.2 Å². The minimum atomic E-state index is -0.493. The van der Waals surface area contributed by atoms with E-state index in [1.165, 1.54) is 16.0 Å². The molecule has 1 aliphatic heterocycles. The number of nitrogens with zero attached hydrogens (tertiary/aromatic N) is 1. The molecule has 0 aromatic heterocycles. The van der Waals surface area contributed by atoms with Crippen LogP contribution >= 0.6 is 21.7 Å². The van der Waals surface area contributed by atoms with E-state index in [2.05, 4.69) is 5.43 Å². The smallest absolute Gasteiger partial charge is 0.428 e. The number of amides is 2. The number of hydrazine groups is 1. The van der Waals surface area contributed by atoms with E-state index in [1.54, 1.807) is 0 Å². The fraction of sp³-hybridized carbons (Fsp3) is 0.385. The van der Waals surface area contributed by atoms with Crippen LogP contribution in [0.4, 0.5) is 4.79 Å². The SMILES string of the molecule is O=C(CCCc1ccc(SCl)cc1)NN1CCOC1=O. The summed E-state index contributed by atoms with van der Waals surface area (Å²) in [6.45, 7) is 0.728. The molecule has 1 aromatic rings. The van der Waals surface area contributed by atoms with Gasteiger partial charge in [-0.3, -0.25) is 10.2 Å². The van der Waals surface area contributed by atoms with Crippen LogP contribution < -0.4 is 5.43 Å². The summed E-state index contributed by atoms with van der Waals surface area (Å²) >= 11 is 0. The highest BCUT2D eigenvalue weighted by Gasteiger charge is 2.23. The van der Waals surface area contributed by atoms with Crippen LogP contribution in [0.5, 0.6) is 0 Å². The molecule has 0 atom stereocenters. The lowest BCUT2D eigenvalue weighted by atomic mass is 10.1. The quantitative estimate of drug-likeness (QED) is 0.877. The zero-order chi connectivity index (χ0) is 14.4. The van der Waals surface area contributed by atoms with Crippen LogP contribution in [0, 0.1) is 0 Å². The normalized spacial score (nSPS) is 14.2.